The summed E-state index contributed by atoms with van der Waals surface area (Å²) in [6.45, 7) is 4.05. The van der Waals surface area contributed by atoms with Gasteiger partial charge < -0.3 is 10.4 Å². The predicted octanol–water partition coefficient (Wildman–Crippen LogP) is 2.49. The minimum absolute atomic E-state index is 0.122. The summed E-state index contributed by atoms with van der Waals surface area (Å²) in [5.41, 5.74) is 1.81. The Morgan fingerprint density at radius 2 is 2.00 bits per heavy atom. The van der Waals surface area contributed by atoms with Crippen molar-refractivity contribution < 1.29 is 14.7 Å². The van der Waals surface area contributed by atoms with Crippen LogP contribution in [0.2, 0.25) is 0 Å². The number of aromatic carboxylic acids is 1. The number of nitrogens with zero attached hydrogens (tertiary/aromatic N) is 2. The van der Waals surface area contributed by atoms with Crippen molar-refractivity contribution >= 4 is 17.6 Å². The van der Waals surface area contributed by atoms with Crippen molar-refractivity contribution in [2.45, 2.75) is 19.8 Å². The van der Waals surface area contributed by atoms with E-state index in [0.29, 0.717) is 11.4 Å². The fourth-order valence-electron chi connectivity index (χ4n) is 2.06. The zero-order valence-corrected chi connectivity index (χ0v) is 12.1. The molecule has 0 saturated heterocycles. The number of rotatable bonds is 4. The first-order valence-electron chi connectivity index (χ1n) is 6.57. The molecule has 0 bridgehead atoms. The normalized spacial score (nSPS) is 10.7. The van der Waals surface area contributed by atoms with Gasteiger partial charge in [0.2, 0.25) is 0 Å². The molecule has 2 rings (SSSR count). The summed E-state index contributed by atoms with van der Waals surface area (Å²) in [5.74, 6) is -1.13. The van der Waals surface area contributed by atoms with Gasteiger partial charge in [0.25, 0.3) is 5.91 Å². The van der Waals surface area contributed by atoms with Crippen molar-refractivity contribution in [3.63, 3.8) is 0 Å². The molecule has 0 aliphatic rings. The van der Waals surface area contributed by atoms with E-state index in [1.807, 2.05) is 13.8 Å². The van der Waals surface area contributed by atoms with Crippen molar-refractivity contribution in [1.29, 1.82) is 0 Å². The molecule has 1 amide bonds. The van der Waals surface area contributed by atoms with Crippen LogP contribution in [0.25, 0.3) is 0 Å². The first-order chi connectivity index (χ1) is 9.88. The number of carbonyl (C=O) groups excluding carboxylic acids is 1. The number of carbonyl (C=O) groups is 2. The Morgan fingerprint density at radius 1 is 1.29 bits per heavy atom. The second-order valence-corrected chi connectivity index (χ2v) is 5.07. The van der Waals surface area contributed by atoms with Gasteiger partial charge in [-0.25, -0.2) is 4.79 Å². The summed E-state index contributed by atoms with van der Waals surface area (Å²) >= 11 is 0. The number of hydrogen-bond donors (Lipinski definition) is 2. The third-order valence-corrected chi connectivity index (χ3v) is 3.11. The number of carboxylic acids is 1. The van der Waals surface area contributed by atoms with Crippen molar-refractivity contribution in [3.05, 3.63) is 47.3 Å². The van der Waals surface area contributed by atoms with Gasteiger partial charge in [0.1, 0.15) is 0 Å². The topological polar surface area (TPSA) is 84.2 Å². The Morgan fingerprint density at radius 3 is 2.57 bits per heavy atom. The summed E-state index contributed by atoms with van der Waals surface area (Å²) in [6, 6.07) is 7.83. The molecule has 1 aromatic heterocycles. The molecule has 1 heterocycles. The van der Waals surface area contributed by atoms with E-state index < -0.39 is 5.97 Å². The molecule has 0 atom stereocenters. The van der Waals surface area contributed by atoms with E-state index in [4.69, 9.17) is 5.11 Å². The highest BCUT2D eigenvalue weighted by atomic mass is 16.4. The molecule has 6 nitrogen and oxygen atoms in total. The predicted molar refractivity (Wildman–Crippen MR) is 78.7 cm³/mol. The highest BCUT2D eigenvalue weighted by Crippen LogP contribution is 2.16. The molecule has 6 heteroatoms. The molecule has 2 aromatic rings. The van der Waals surface area contributed by atoms with E-state index >= 15 is 0 Å². The van der Waals surface area contributed by atoms with Crippen LogP contribution in [0.15, 0.2) is 30.3 Å². The van der Waals surface area contributed by atoms with Crippen LogP contribution < -0.4 is 5.32 Å². The lowest BCUT2D eigenvalue weighted by molar-refractivity contribution is 0.0696. The van der Waals surface area contributed by atoms with Crippen LogP contribution in [0.4, 0.5) is 5.69 Å². The Labute approximate surface area is 122 Å². The molecule has 0 aliphatic heterocycles. The van der Waals surface area contributed by atoms with Crippen molar-refractivity contribution in [1.82, 2.24) is 9.78 Å². The largest absolute Gasteiger partial charge is 0.478 e. The molecule has 0 spiro atoms. The molecule has 21 heavy (non-hydrogen) atoms. The molecular weight excluding hydrogens is 270 g/mol. The monoisotopic (exact) mass is 287 g/mol. The molecule has 0 aliphatic carbocycles. The van der Waals surface area contributed by atoms with Gasteiger partial charge in [-0.2, -0.15) is 5.10 Å². The minimum atomic E-state index is -1.04. The number of amides is 1. The van der Waals surface area contributed by atoms with Crippen LogP contribution in [0, 0.1) is 0 Å². The summed E-state index contributed by atoms with van der Waals surface area (Å²) in [4.78, 5) is 23.1. The minimum Gasteiger partial charge on any atom is -0.478 e. The summed E-state index contributed by atoms with van der Waals surface area (Å²) in [6.07, 6.45) is 0. The number of benzene rings is 1. The first-order valence-corrected chi connectivity index (χ1v) is 6.57. The van der Waals surface area contributed by atoms with E-state index in [-0.39, 0.29) is 17.4 Å². The Kier molecular flexibility index (Phi) is 4.07. The number of nitrogens with one attached hydrogen (secondary N) is 1. The standard InChI is InChI=1S/C15H17N3O3/c1-9(2)13-8-12(17-18(13)3)14(19)16-11-6-4-5-10(7-11)15(20)21/h4-9H,1-3H3,(H,16,19)(H,20,21). The molecule has 110 valence electrons. The number of carboxylic acid groups (broad SMARTS) is 1. The lowest BCUT2D eigenvalue weighted by Crippen LogP contribution is -2.13. The molecule has 0 radical (unpaired) electrons. The van der Waals surface area contributed by atoms with Crippen LogP contribution in [-0.2, 0) is 7.05 Å². The van der Waals surface area contributed by atoms with Gasteiger partial charge in [-0.1, -0.05) is 19.9 Å². The second kappa shape index (κ2) is 5.78. The van der Waals surface area contributed by atoms with E-state index in [9.17, 15) is 9.59 Å². The Bertz CT molecular complexity index is 689. The van der Waals surface area contributed by atoms with E-state index in [1.54, 1.807) is 29.9 Å². The van der Waals surface area contributed by atoms with E-state index in [1.165, 1.54) is 12.1 Å². The van der Waals surface area contributed by atoms with E-state index in [0.717, 1.165) is 5.69 Å². The van der Waals surface area contributed by atoms with Crippen LogP contribution in [0.5, 0.6) is 0 Å². The fraction of sp³-hybridized carbons (Fsp3) is 0.267. The lowest BCUT2D eigenvalue weighted by Gasteiger charge is -2.03. The van der Waals surface area contributed by atoms with Gasteiger partial charge in [0, 0.05) is 18.4 Å². The maximum atomic E-state index is 12.1. The van der Waals surface area contributed by atoms with Crippen molar-refractivity contribution in [2.75, 3.05) is 5.32 Å². The first kappa shape index (κ1) is 14.8. The third kappa shape index (κ3) is 3.28. The zero-order chi connectivity index (χ0) is 15.6. The lowest BCUT2D eigenvalue weighted by atomic mass is 10.1. The maximum absolute atomic E-state index is 12.1. The molecule has 0 saturated carbocycles. The van der Waals surface area contributed by atoms with Crippen LogP contribution in [-0.4, -0.2) is 26.8 Å². The van der Waals surface area contributed by atoms with E-state index in [2.05, 4.69) is 10.4 Å². The third-order valence-electron chi connectivity index (χ3n) is 3.11. The average molecular weight is 287 g/mol. The van der Waals surface area contributed by atoms with Gasteiger partial charge in [-0.05, 0) is 30.2 Å². The van der Waals surface area contributed by atoms with Gasteiger partial charge in [0.15, 0.2) is 5.69 Å². The highest BCUT2D eigenvalue weighted by molar-refractivity contribution is 6.03. The molecule has 0 unspecified atom stereocenters. The molecular formula is C15H17N3O3. The number of aromatic nitrogens is 2. The summed E-state index contributed by atoms with van der Waals surface area (Å²) in [5, 5.41) is 15.8. The van der Waals surface area contributed by atoms with Gasteiger partial charge in [-0.15, -0.1) is 0 Å². The van der Waals surface area contributed by atoms with Gasteiger partial charge in [0.05, 0.1) is 5.56 Å². The summed E-state index contributed by atoms with van der Waals surface area (Å²) < 4.78 is 1.67. The molecule has 1 aromatic carbocycles. The second-order valence-electron chi connectivity index (χ2n) is 5.07. The number of anilines is 1. The summed E-state index contributed by atoms with van der Waals surface area (Å²) in [7, 11) is 1.79. The Hall–Kier alpha value is -2.63. The highest BCUT2D eigenvalue weighted by Gasteiger charge is 2.15. The van der Waals surface area contributed by atoms with Gasteiger partial charge in [-0.3, -0.25) is 9.48 Å². The smallest absolute Gasteiger partial charge is 0.335 e. The average Bonchev–Trinajstić information content (AvgIpc) is 2.81. The van der Waals surface area contributed by atoms with Gasteiger partial charge >= 0.3 is 5.97 Å². The quantitative estimate of drug-likeness (QED) is 0.904. The SMILES string of the molecule is CC(C)c1cc(C(=O)Nc2cccc(C(=O)O)c2)nn1C. The number of hydrogen-bond acceptors (Lipinski definition) is 3. The molecule has 0 fully saturated rings. The Balaban J connectivity index is 2.20. The fourth-order valence-corrected chi connectivity index (χ4v) is 2.06. The van der Waals surface area contributed by atoms with Crippen molar-refractivity contribution in [3.8, 4) is 0 Å². The zero-order valence-electron chi connectivity index (χ0n) is 12.1. The van der Waals surface area contributed by atoms with Crippen LogP contribution in [0.3, 0.4) is 0 Å². The van der Waals surface area contributed by atoms with Crippen LogP contribution >= 0.6 is 0 Å². The maximum Gasteiger partial charge on any atom is 0.335 e. The number of aryl methyl sites for hydroxylation is 1. The van der Waals surface area contributed by atoms with Crippen molar-refractivity contribution in [2.24, 2.45) is 7.05 Å². The molecule has 2 N–H and O–H groups in total. The van der Waals surface area contributed by atoms with Crippen LogP contribution in [0.1, 0.15) is 46.3 Å².